The van der Waals surface area contributed by atoms with E-state index in [9.17, 15) is 9.59 Å². The Kier molecular flexibility index (Phi) is 4.14. The number of hydrogen-bond donors (Lipinski definition) is 0. The number of carbonyl (C=O) groups excluding carboxylic acids is 2. The number of rotatable bonds is 2. The SMILES string of the molecule is COC(=O)c1c(C(=O)OC)c2ccc3ccccc3c2c2c1ccc1ccccc12. The largest absolute Gasteiger partial charge is 0.465 e. The van der Waals surface area contributed by atoms with Crippen molar-refractivity contribution in [2.75, 3.05) is 14.2 Å². The molecule has 4 heteroatoms. The van der Waals surface area contributed by atoms with Gasteiger partial charge in [0.15, 0.2) is 0 Å². The van der Waals surface area contributed by atoms with E-state index in [0.717, 1.165) is 32.3 Å². The van der Waals surface area contributed by atoms with Crippen LogP contribution in [0.1, 0.15) is 20.7 Å². The first-order valence-electron chi connectivity index (χ1n) is 9.61. The molecule has 0 radical (unpaired) electrons. The fourth-order valence-electron chi connectivity index (χ4n) is 4.40. The van der Waals surface area contributed by atoms with Gasteiger partial charge in [-0.2, -0.15) is 0 Å². The van der Waals surface area contributed by atoms with Gasteiger partial charge in [0.1, 0.15) is 0 Å². The number of esters is 2. The Morgan fingerprint density at radius 1 is 0.533 bits per heavy atom. The molecule has 0 saturated carbocycles. The minimum Gasteiger partial charge on any atom is -0.465 e. The topological polar surface area (TPSA) is 52.6 Å². The summed E-state index contributed by atoms with van der Waals surface area (Å²) >= 11 is 0. The van der Waals surface area contributed by atoms with Gasteiger partial charge in [0, 0.05) is 0 Å². The van der Waals surface area contributed by atoms with Crippen LogP contribution in [0.5, 0.6) is 0 Å². The highest BCUT2D eigenvalue weighted by molar-refractivity contribution is 6.34. The van der Waals surface area contributed by atoms with Gasteiger partial charge < -0.3 is 9.47 Å². The molecule has 0 aliphatic carbocycles. The maximum absolute atomic E-state index is 12.9. The molecule has 0 saturated heterocycles. The van der Waals surface area contributed by atoms with Gasteiger partial charge in [-0.05, 0) is 43.1 Å². The Morgan fingerprint density at radius 2 is 0.933 bits per heavy atom. The minimum atomic E-state index is -0.564. The maximum atomic E-state index is 12.9. The summed E-state index contributed by atoms with van der Waals surface area (Å²) < 4.78 is 10.2. The molecule has 0 spiro atoms. The van der Waals surface area contributed by atoms with Gasteiger partial charge in [-0.15, -0.1) is 0 Å². The van der Waals surface area contributed by atoms with Crippen LogP contribution in [-0.2, 0) is 9.47 Å². The molecule has 5 rings (SSSR count). The molecule has 30 heavy (non-hydrogen) atoms. The summed E-state index contributed by atoms with van der Waals surface area (Å²) in [5.74, 6) is -1.13. The fourth-order valence-corrected chi connectivity index (χ4v) is 4.40. The van der Waals surface area contributed by atoms with Gasteiger partial charge in [-0.3, -0.25) is 0 Å². The third kappa shape index (κ3) is 2.47. The zero-order valence-electron chi connectivity index (χ0n) is 16.6. The number of benzene rings is 5. The van der Waals surface area contributed by atoms with E-state index in [0.29, 0.717) is 10.8 Å². The van der Waals surface area contributed by atoms with Crippen LogP contribution >= 0.6 is 0 Å². The van der Waals surface area contributed by atoms with Gasteiger partial charge in [-0.25, -0.2) is 9.59 Å². The van der Waals surface area contributed by atoms with Crippen LogP contribution in [0, 0.1) is 0 Å². The summed E-state index contributed by atoms with van der Waals surface area (Å²) in [5, 5.41) is 7.33. The van der Waals surface area contributed by atoms with Crippen molar-refractivity contribution in [2.24, 2.45) is 0 Å². The molecule has 0 heterocycles. The van der Waals surface area contributed by atoms with E-state index in [1.165, 1.54) is 14.2 Å². The molecule has 0 atom stereocenters. The van der Waals surface area contributed by atoms with Crippen LogP contribution in [0.15, 0.2) is 72.8 Å². The van der Waals surface area contributed by atoms with E-state index in [1.54, 1.807) is 0 Å². The molecular weight excluding hydrogens is 376 g/mol. The van der Waals surface area contributed by atoms with Gasteiger partial charge in [0.2, 0.25) is 0 Å². The van der Waals surface area contributed by atoms with Crippen LogP contribution in [0.4, 0.5) is 0 Å². The molecule has 5 aromatic rings. The second-order valence-corrected chi connectivity index (χ2v) is 7.15. The van der Waals surface area contributed by atoms with E-state index in [2.05, 4.69) is 0 Å². The molecule has 0 aliphatic rings. The highest BCUT2D eigenvalue weighted by Crippen LogP contribution is 2.41. The molecular formula is C26H18O4. The van der Waals surface area contributed by atoms with Crippen molar-refractivity contribution in [3.05, 3.63) is 83.9 Å². The van der Waals surface area contributed by atoms with E-state index in [-0.39, 0.29) is 11.1 Å². The molecule has 4 nitrogen and oxygen atoms in total. The number of ether oxygens (including phenoxy) is 2. The quantitative estimate of drug-likeness (QED) is 0.277. The third-order valence-electron chi connectivity index (χ3n) is 5.68. The molecule has 146 valence electrons. The summed E-state index contributed by atoms with van der Waals surface area (Å²) in [6.45, 7) is 0. The van der Waals surface area contributed by atoms with Gasteiger partial charge in [-0.1, -0.05) is 72.8 Å². The van der Waals surface area contributed by atoms with E-state index < -0.39 is 11.9 Å². The maximum Gasteiger partial charge on any atom is 0.339 e. The lowest BCUT2D eigenvalue weighted by atomic mass is 9.86. The lowest BCUT2D eigenvalue weighted by Gasteiger charge is -2.17. The Labute approximate surface area is 172 Å². The molecule has 0 amide bonds. The van der Waals surface area contributed by atoms with E-state index in [4.69, 9.17) is 9.47 Å². The van der Waals surface area contributed by atoms with Crippen molar-refractivity contribution in [2.45, 2.75) is 0 Å². The van der Waals surface area contributed by atoms with Crippen LogP contribution in [0.2, 0.25) is 0 Å². The third-order valence-corrected chi connectivity index (χ3v) is 5.68. The first kappa shape index (κ1) is 18.1. The lowest BCUT2D eigenvalue weighted by Crippen LogP contribution is -2.13. The van der Waals surface area contributed by atoms with E-state index >= 15 is 0 Å². The highest BCUT2D eigenvalue weighted by atomic mass is 16.5. The average Bonchev–Trinajstić information content (AvgIpc) is 2.81. The lowest BCUT2D eigenvalue weighted by molar-refractivity contribution is 0.0559. The second kappa shape index (κ2) is 6.85. The predicted octanol–water partition coefficient (Wildman–Crippen LogP) is 5.87. The molecule has 5 aromatic carbocycles. The number of fused-ring (bicyclic) bond motifs is 7. The molecule has 0 aliphatic heterocycles. The van der Waals surface area contributed by atoms with Crippen molar-refractivity contribution in [1.82, 2.24) is 0 Å². The van der Waals surface area contributed by atoms with Gasteiger partial charge in [0.05, 0.1) is 25.3 Å². The minimum absolute atomic E-state index is 0.230. The molecule has 0 N–H and O–H groups in total. The van der Waals surface area contributed by atoms with Crippen LogP contribution in [-0.4, -0.2) is 26.2 Å². The van der Waals surface area contributed by atoms with Crippen molar-refractivity contribution in [3.8, 4) is 0 Å². The Balaban J connectivity index is 2.19. The first-order chi connectivity index (χ1) is 14.7. The predicted molar refractivity (Wildman–Crippen MR) is 119 cm³/mol. The summed E-state index contributed by atoms with van der Waals surface area (Å²) in [7, 11) is 2.64. The van der Waals surface area contributed by atoms with Crippen LogP contribution in [0.3, 0.4) is 0 Å². The summed E-state index contributed by atoms with van der Waals surface area (Å²) in [4.78, 5) is 25.8. The van der Waals surface area contributed by atoms with Crippen LogP contribution < -0.4 is 0 Å². The number of carbonyl (C=O) groups is 2. The van der Waals surface area contributed by atoms with Crippen molar-refractivity contribution in [3.63, 3.8) is 0 Å². The normalized spacial score (nSPS) is 11.3. The smallest absolute Gasteiger partial charge is 0.339 e. The van der Waals surface area contributed by atoms with Crippen LogP contribution in [0.25, 0.3) is 43.1 Å². The zero-order chi connectivity index (χ0) is 20.8. The number of methoxy groups -OCH3 is 2. The Hall–Kier alpha value is -3.92. The first-order valence-corrected chi connectivity index (χ1v) is 9.61. The summed E-state index contributed by atoms with van der Waals surface area (Å²) in [6.07, 6.45) is 0. The zero-order valence-corrected chi connectivity index (χ0v) is 16.6. The van der Waals surface area contributed by atoms with Gasteiger partial charge >= 0.3 is 11.9 Å². The Morgan fingerprint density at radius 3 is 1.33 bits per heavy atom. The van der Waals surface area contributed by atoms with Crippen molar-refractivity contribution < 1.29 is 19.1 Å². The summed E-state index contributed by atoms with van der Waals surface area (Å²) in [6, 6.07) is 23.8. The molecule has 0 fully saturated rings. The average molecular weight is 394 g/mol. The second-order valence-electron chi connectivity index (χ2n) is 7.15. The molecule has 0 aromatic heterocycles. The molecule has 0 unspecified atom stereocenters. The number of hydrogen-bond acceptors (Lipinski definition) is 4. The van der Waals surface area contributed by atoms with Gasteiger partial charge in [0.25, 0.3) is 0 Å². The highest BCUT2D eigenvalue weighted by Gasteiger charge is 2.27. The fraction of sp³-hybridized carbons (Fsp3) is 0.0769. The summed E-state index contributed by atoms with van der Waals surface area (Å²) in [5.41, 5.74) is 0.459. The van der Waals surface area contributed by atoms with E-state index in [1.807, 2.05) is 72.8 Å². The van der Waals surface area contributed by atoms with Crippen molar-refractivity contribution in [1.29, 1.82) is 0 Å². The Bertz CT molecular complexity index is 1380. The van der Waals surface area contributed by atoms with Crippen molar-refractivity contribution >= 4 is 55.0 Å². The standard InChI is InChI=1S/C26H18O4/c1-29-25(27)23-19-13-11-15-7-3-5-9-17(15)21(19)22-18-10-6-4-8-16(18)12-14-20(22)24(23)26(28)30-2/h3-14H,1-2H3. The molecule has 0 bridgehead atoms. The monoisotopic (exact) mass is 394 g/mol.